The molecule has 1 atom stereocenters. The molecule has 0 aromatic heterocycles. The largest absolute Gasteiger partial charge is 0.480 e. The van der Waals surface area contributed by atoms with E-state index in [4.69, 9.17) is 4.74 Å². The van der Waals surface area contributed by atoms with E-state index in [-0.39, 0.29) is 0 Å². The number of aryl methyl sites for hydroxylation is 2. The topological polar surface area (TPSA) is 87.7 Å². The first-order valence-corrected chi connectivity index (χ1v) is 8.12. The second-order valence-corrected chi connectivity index (χ2v) is 6.82. The number of amides is 1. The Kier molecular flexibility index (Phi) is 7.07. The predicted octanol–water partition coefficient (Wildman–Crippen LogP) is 3.34. The summed E-state index contributed by atoms with van der Waals surface area (Å²) in [6, 6.07) is 5.15. The average Bonchev–Trinajstić information content (AvgIpc) is 2.45. The van der Waals surface area contributed by atoms with Crippen molar-refractivity contribution in [3.8, 4) is 0 Å². The van der Waals surface area contributed by atoms with Gasteiger partial charge in [0.15, 0.2) is 0 Å². The Labute approximate surface area is 143 Å². The minimum absolute atomic E-state index is 0.349. The summed E-state index contributed by atoms with van der Waals surface area (Å²) in [6.07, 6.45) is 1.06. The van der Waals surface area contributed by atoms with Gasteiger partial charge >= 0.3 is 12.1 Å². The molecule has 3 N–H and O–H groups in total. The van der Waals surface area contributed by atoms with Gasteiger partial charge in [0.2, 0.25) is 0 Å². The molecule has 0 saturated heterocycles. The van der Waals surface area contributed by atoms with E-state index in [9.17, 15) is 14.7 Å². The summed E-state index contributed by atoms with van der Waals surface area (Å²) in [5.41, 5.74) is 2.73. The van der Waals surface area contributed by atoms with E-state index < -0.39 is 23.7 Å². The van der Waals surface area contributed by atoms with E-state index in [0.717, 1.165) is 17.7 Å². The number of alkyl carbamates (subject to hydrolysis) is 1. The minimum atomic E-state index is -1.05. The minimum Gasteiger partial charge on any atom is -0.480 e. The van der Waals surface area contributed by atoms with Crippen LogP contribution in [0.1, 0.15) is 44.7 Å². The SMILES string of the molecule is CNc1ccc(CCCC(NC(=O)OC(C)(C)C)C(=O)O)c(C)c1. The van der Waals surface area contributed by atoms with E-state index in [2.05, 4.69) is 16.7 Å². The maximum Gasteiger partial charge on any atom is 0.408 e. The van der Waals surface area contributed by atoms with Crippen LogP contribution in [0.4, 0.5) is 10.5 Å². The zero-order valence-corrected chi connectivity index (χ0v) is 15.1. The number of benzene rings is 1. The Balaban J connectivity index is 2.55. The van der Waals surface area contributed by atoms with Crippen molar-refractivity contribution in [3.63, 3.8) is 0 Å². The first kappa shape index (κ1) is 19.8. The standard InChI is InChI=1S/C18H28N2O4/c1-12-11-14(19-5)10-9-13(12)7-6-8-15(16(21)22)20-17(23)24-18(2,3)4/h9-11,15,19H,6-8H2,1-5H3,(H,20,23)(H,21,22). The monoisotopic (exact) mass is 336 g/mol. The molecule has 134 valence electrons. The van der Waals surface area contributed by atoms with Crippen molar-refractivity contribution in [2.45, 2.75) is 58.6 Å². The number of carbonyl (C=O) groups is 2. The first-order valence-electron chi connectivity index (χ1n) is 8.12. The number of carboxylic acids is 1. The molecule has 6 heteroatoms. The van der Waals surface area contributed by atoms with Gasteiger partial charge in [-0.3, -0.25) is 0 Å². The Bertz CT molecular complexity index is 579. The lowest BCUT2D eigenvalue weighted by Gasteiger charge is -2.22. The molecule has 1 rings (SSSR count). The van der Waals surface area contributed by atoms with Crippen molar-refractivity contribution in [1.29, 1.82) is 0 Å². The van der Waals surface area contributed by atoms with Crippen LogP contribution in [0.2, 0.25) is 0 Å². The summed E-state index contributed by atoms with van der Waals surface area (Å²) in [4.78, 5) is 23.0. The molecule has 1 aromatic carbocycles. The highest BCUT2D eigenvalue weighted by Gasteiger charge is 2.23. The molecule has 0 aliphatic carbocycles. The first-order chi connectivity index (χ1) is 11.1. The number of carboxylic acid groups (broad SMARTS) is 1. The molecule has 0 bridgehead atoms. The molecule has 0 saturated carbocycles. The van der Waals surface area contributed by atoms with Gasteiger partial charge in [0, 0.05) is 12.7 Å². The summed E-state index contributed by atoms with van der Waals surface area (Å²) >= 11 is 0. The van der Waals surface area contributed by atoms with Gasteiger partial charge in [0.1, 0.15) is 11.6 Å². The molecule has 1 aromatic rings. The van der Waals surface area contributed by atoms with Gasteiger partial charge in [-0.15, -0.1) is 0 Å². The van der Waals surface area contributed by atoms with Gasteiger partial charge in [-0.1, -0.05) is 6.07 Å². The maximum absolute atomic E-state index is 11.7. The normalized spacial score (nSPS) is 12.4. The number of hydrogen-bond acceptors (Lipinski definition) is 4. The fourth-order valence-electron chi connectivity index (χ4n) is 2.34. The van der Waals surface area contributed by atoms with Crippen molar-refractivity contribution >= 4 is 17.7 Å². The molecule has 24 heavy (non-hydrogen) atoms. The lowest BCUT2D eigenvalue weighted by molar-refractivity contribution is -0.139. The third-order valence-electron chi connectivity index (χ3n) is 3.56. The third kappa shape index (κ3) is 6.89. The van der Waals surface area contributed by atoms with Crippen molar-refractivity contribution < 1.29 is 19.4 Å². The van der Waals surface area contributed by atoms with Gasteiger partial charge in [0.05, 0.1) is 0 Å². The van der Waals surface area contributed by atoms with Crippen molar-refractivity contribution in [1.82, 2.24) is 5.32 Å². The van der Waals surface area contributed by atoms with Crippen LogP contribution >= 0.6 is 0 Å². The van der Waals surface area contributed by atoms with Crippen molar-refractivity contribution in [3.05, 3.63) is 29.3 Å². The second kappa shape index (κ2) is 8.57. The van der Waals surface area contributed by atoms with Crippen LogP contribution in [0.15, 0.2) is 18.2 Å². The summed E-state index contributed by atoms with van der Waals surface area (Å²) in [7, 11) is 1.87. The van der Waals surface area contributed by atoms with Crippen LogP contribution in [-0.4, -0.2) is 35.9 Å². The van der Waals surface area contributed by atoms with Gasteiger partial charge < -0.3 is 20.5 Å². The summed E-state index contributed by atoms with van der Waals surface area (Å²) in [6.45, 7) is 7.24. The Morgan fingerprint density at radius 2 is 1.96 bits per heavy atom. The molecule has 0 radical (unpaired) electrons. The number of carbonyl (C=O) groups excluding carboxylic acids is 1. The van der Waals surface area contributed by atoms with Crippen LogP contribution in [0.5, 0.6) is 0 Å². The molecule has 1 unspecified atom stereocenters. The Hall–Kier alpha value is -2.24. The summed E-state index contributed by atoms with van der Waals surface area (Å²) in [5.74, 6) is -1.05. The smallest absolute Gasteiger partial charge is 0.408 e. The molecule has 0 fully saturated rings. The van der Waals surface area contributed by atoms with Crippen molar-refractivity contribution in [2.24, 2.45) is 0 Å². The quantitative estimate of drug-likeness (QED) is 0.711. The van der Waals surface area contributed by atoms with Crippen molar-refractivity contribution in [2.75, 3.05) is 12.4 Å². The summed E-state index contributed by atoms with van der Waals surface area (Å²) < 4.78 is 5.11. The van der Waals surface area contributed by atoms with Crippen LogP contribution in [-0.2, 0) is 16.0 Å². The highest BCUT2D eigenvalue weighted by Crippen LogP contribution is 2.17. The van der Waals surface area contributed by atoms with Gasteiger partial charge in [-0.25, -0.2) is 9.59 Å². The molecular formula is C18H28N2O4. The van der Waals surface area contributed by atoms with Gasteiger partial charge in [0.25, 0.3) is 0 Å². The third-order valence-corrected chi connectivity index (χ3v) is 3.56. The number of aliphatic carboxylic acids is 1. The number of ether oxygens (including phenoxy) is 1. The van der Waals surface area contributed by atoms with E-state index in [0.29, 0.717) is 12.8 Å². The molecule has 0 heterocycles. The molecular weight excluding hydrogens is 308 g/mol. The average molecular weight is 336 g/mol. The van der Waals surface area contributed by atoms with Gasteiger partial charge in [-0.2, -0.15) is 0 Å². The van der Waals surface area contributed by atoms with E-state index in [1.165, 1.54) is 5.56 Å². The van der Waals surface area contributed by atoms with Crippen LogP contribution in [0.25, 0.3) is 0 Å². The lowest BCUT2D eigenvalue weighted by Crippen LogP contribution is -2.43. The molecule has 0 aliphatic rings. The zero-order chi connectivity index (χ0) is 18.3. The second-order valence-electron chi connectivity index (χ2n) is 6.82. The Morgan fingerprint density at radius 3 is 2.46 bits per heavy atom. The van der Waals surface area contributed by atoms with Crippen LogP contribution < -0.4 is 10.6 Å². The highest BCUT2D eigenvalue weighted by atomic mass is 16.6. The maximum atomic E-state index is 11.7. The fraction of sp³-hybridized carbons (Fsp3) is 0.556. The fourth-order valence-corrected chi connectivity index (χ4v) is 2.34. The van der Waals surface area contributed by atoms with E-state index >= 15 is 0 Å². The number of rotatable bonds is 7. The molecule has 6 nitrogen and oxygen atoms in total. The molecule has 0 spiro atoms. The number of anilines is 1. The Morgan fingerprint density at radius 1 is 1.29 bits per heavy atom. The molecule has 0 aliphatic heterocycles. The van der Waals surface area contributed by atoms with E-state index in [1.807, 2.05) is 26.1 Å². The van der Waals surface area contributed by atoms with Gasteiger partial charge in [-0.05, 0) is 70.2 Å². The van der Waals surface area contributed by atoms with Crippen LogP contribution in [0, 0.1) is 6.92 Å². The number of hydrogen-bond donors (Lipinski definition) is 3. The van der Waals surface area contributed by atoms with E-state index in [1.54, 1.807) is 20.8 Å². The number of nitrogens with one attached hydrogen (secondary N) is 2. The molecule has 1 amide bonds. The highest BCUT2D eigenvalue weighted by molar-refractivity contribution is 5.79. The van der Waals surface area contributed by atoms with Crippen LogP contribution in [0.3, 0.4) is 0 Å². The summed E-state index contributed by atoms with van der Waals surface area (Å²) in [5, 5.41) is 14.8. The lowest BCUT2D eigenvalue weighted by atomic mass is 10.0. The predicted molar refractivity (Wildman–Crippen MR) is 94.5 cm³/mol. The zero-order valence-electron chi connectivity index (χ0n) is 15.1.